The van der Waals surface area contributed by atoms with Crippen LogP contribution in [0.1, 0.15) is 220 Å². The van der Waals surface area contributed by atoms with E-state index in [0.717, 1.165) is 84.2 Å². The molecule has 0 atom stereocenters. The molecule has 49 heavy (non-hydrogen) atoms. The first kappa shape index (κ1) is 48.3. The number of carbonyl (C=O) groups excluding carboxylic acids is 1. The smallest absolute Gasteiger partial charge is 0.305 e. The number of ether oxygens (including phenoxy) is 3. The third-order valence-electron chi connectivity index (χ3n) is 9.80. The van der Waals surface area contributed by atoms with E-state index in [2.05, 4.69) is 25.7 Å². The number of nitrogens with zero attached hydrogens (tertiary/aromatic N) is 1. The van der Waals surface area contributed by atoms with Crippen molar-refractivity contribution in [1.82, 2.24) is 4.90 Å². The van der Waals surface area contributed by atoms with E-state index in [1.807, 2.05) is 0 Å². The molecule has 0 spiro atoms. The van der Waals surface area contributed by atoms with Crippen LogP contribution in [0, 0.1) is 0 Å². The zero-order valence-corrected chi connectivity index (χ0v) is 33.5. The van der Waals surface area contributed by atoms with Gasteiger partial charge in [0.25, 0.3) is 0 Å². The van der Waals surface area contributed by atoms with Crippen molar-refractivity contribution in [1.29, 1.82) is 0 Å². The van der Waals surface area contributed by atoms with Crippen LogP contribution in [0.15, 0.2) is 0 Å². The van der Waals surface area contributed by atoms with Crippen LogP contribution in [0.25, 0.3) is 0 Å². The van der Waals surface area contributed by atoms with E-state index < -0.39 is 0 Å². The van der Waals surface area contributed by atoms with Gasteiger partial charge in [-0.05, 0) is 64.5 Å². The maximum Gasteiger partial charge on any atom is 0.305 e. The van der Waals surface area contributed by atoms with Crippen molar-refractivity contribution >= 4 is 5.97 Å². The second-order valence-electron chi connectivity index (χ2n) is 14.7. The lowest BCUT2D eigenvalue weighted by Crippen LogP contribution is -2.29. The number of carbonyl (C=O) groups is 1. The van der Waals surface area contributed by atoms with E-state index in [-0.39, 0.29) is 18.9 Å². The van der Waals surface area contributed by atoms with Gasteiger partial charge < -0.3 is 24.2 Å². The van der Waals surface area contributed by atoms with Crippen LogP contribution in [0.3, 0.4) is 0 Å². The Hall–Kier alpha value is -0.690. The van der Waals surface area contributed by atoms with Crippen molar-refractivity contribution in [3.8, 4) is 0 Å². The van der Waals surface area contributed by atoms with E-state index in [1.165, 1.54) is 141 Å². The highest BCUT2D eigenvalue weighted by Crippen LogP contribution is 2.15. The highest BCUT2D eigenvalue weighted by atomic mass is 16.7. The molecular formula is C43H87NO5. The molecule has 0 aliphatic heterocycles. The number of aliphatic hydroxyl groups excluding tert-OH is 1. The molecule has 294 valence electrons. The van der Waals surface area contributed by atoms with Crippen molar-refractivity contribution in [2.24, 2.45) is 0 Å². The fourth-order valence-electron chi connectivity index (χ4n) is 6.52. The molecule has 0 aliphatic carbocycles. The summed E-state index contributed by atoms with van der Waals surface area (Å²) in [5.41, 5.74) is 0. The third kappa shape index (κ3) is 38.4. The van der Waals surface area contributed by atoms with Gasteiger partial charge in [0.05, 0.1) is 13.2 Å². The number of esters is 1. The Morgan fingerprint density at radius 2 is 0.857 bits per heavy atom. The second kappa shape index (κ2) is 41.7. The molecule has 0 amide bonds. The molecule has 0 unspecified atom stereocenters. The summed E-state index contributed by atoms with van der Waals surface area (Å²) in [5, 5.41) is 9.56. The Morgan fingerprint density at radius 3 is 1.33 bits per heavy atom. The summed E-state index contributed by atoms with van der Waals surface area (Å²) in [4.78, 5) is 14.4. The first-order valence-electron chi connectivity index (χ1n) is 21.9. The van der Waals surface area contributed by atoms with Crippen molar-refractivity contribution in [2.45, 2.75) is 226 Å². The average Bonchev–Trinajstić information content (AvgIpc) is 3.10. The standard InChI is InChI=1S/C43H87NO5/c1-4-7-10-13-16-17-25-30-39-47-42(46)33-26-20-22-29-36-44(37-38-45)35-28-21-18-19-27-34-43(48-40-31-23-14-11-8-5-2)49-41-32-24-15-12-9-6-3/h43,45H,4-41H2,1-3H3. The average molecular weight is 698 g/mol. The van der Waals surface area contributed by atoms with Gasteiger partial charge in [-0.1, -0.05) is 162 Å². The lowest BCUT2D eigenvalue weighted by molar-refractivity contribution is -0.148. The zero-order valence-electron chi connectivity index (χ0n) is 33.5. The Balaban J connectivity index is 3.94. The van der Waals surface area contributed by atoms with E-state index >= 15 is 0 Å². The minimum absolute atomic E-state index is 0.0262. The summed E-state index contributed by atoms with van der Waals surface area (Å²) in [6.45, 7) is 12.1. The maximum absolute atomic E-state index is 12.0. The van der Waals surface area contributed by atoms with Gasteiger partial charge in [-0.15, -0.1) is 0 Å². The van der Waals surface area contributed by atoms with Gasteiger partial charge in [0, 0.05) is 26.2 Å². The molecule has 0 fully saturated rings. The van der Waals surface area contributed by atoms with Crippen molar-refractivity contribution < 1.29 is 24.1 Å². The fraction of sp³-hybridized carbons (Fsp3) is 0.977. The summed E-state index contributed by atoms with van der Waals surface area (Å²) < 4.78 is 17.9. The highest BCUT2D eigenvalue weighted by Gasteiger charge is 2.10. The molecule has 0 bridgehead atoms. The number of hydrogen-bond donors (Lipinski definition) is 1. The van der Waals surface area contributed by atoms with E-state index in [1.54, 1.807) is 0 Å². The van der Waals surface area contributed by atoms with Crippen LogP contribution >= 0.6 is 0 Å². The third-order valence-corrected chi connectivity index (χ3v) is 9.80. The Labute approximate surface area is 306 Å². The topological polar surface area (TPSA) is 68.2 Å². The Bertz CT molecular complexity index is 615. The molecule has 0 aromatic heterocycles. The number of hydrogen-bond acceptors (Lipinski definition) is 6. The Kier molecular flexibility index (Phi) is 41.1. The van der Waals surface area contributed by atoms with E-state index in [0.29, 0.717) is 13.0 Å². The molecule has 6 heteroatoms. The monoisotopic (exact) mass is 698 g/mol. The van der Waals surface area contributed by atoms with E-state index in [9.17, 15) is 9.90 Å². The Morgan fingerprint density at radius 1 is 0.469 bits per heavy atom. The van der Waals surface area contributed by atoms with Crippen molar-refractivity contribution in [2.75, 3.05) is 46.1 Å². The van der Waals surface area contributed by atoms with Crippen LogP contribution in [0.5, 0.6) is 0 Å². The van der Waals surface area contributed by atoms with Crippen LogP contribution in [0.2, 0.25) is 0 Å². The van der Waals surface area contributed by atoms with Gasteiger partial charge in [-0.2, -0.15) is 0 Å². The first-order valence-corrected chi connectivity index (χ1v) is 21.9. The second-order valence-corrected chi connectivity index (χ2v) is 14.7. The largest absolute Gasteiger partial charge is 0.466 e. The van der Waals surface area contributed by atoms with Gasteiger partial charge in [0.15, 0.2) is 6.29 Å². The van der Waals surface area contributed by atoms with Crippen molar-refractivity contribution in [3.05, 3.63) is 0 Å². The van der Waals surface area contributed by atoms with Gasteiger partial charge in [0.1, 0.15) is 0 Å². The van der Waals surface area contributed by atoms with Gasteiger partial charge in [-0.25, -0.2) is 0 Å². The quantitative estimate of drug-likeness (QED) is 0.0389. The lowest BCUT2D eigenvalue weighted by atomic mass is 10.1. The first-order chi connectivity index (χ1) is 24.2. The minimum atomic E-state index is -0.0308. The molecule has 0 radical (unpaired) electrons. The molecule has 1 N–H and O–H groups in total. The molecule has 0 heterocycles. The van der Waals surface area contributed by atoms with Crippen molar-refractivity contribution in [3.63, 3.8) is 0 Å². The normalized spacial score (nSPS) is 11.7. The van der Waals surface area contributed by atoms with Crippen LogP contribution in [0.4, 0.5) is 0 Å². The lowest BCUT2D eigenvalue weighted by Gasteiger charge is -2.21. The summed E-state index contributed by atoms with van der Waals surface area (Å²) in [6.07, 6.45) is 37.5. The maximum atomic E-state index is 12.0. The summed E-state index contributed by atoms with van der Waals surface area (Å²) in [6, 6.07) is 0. The van der Waals surface area contributed by atoms with Crippen LogP contribution in [-0.2, 0) is 19.0 Å². The molecule has 0 saturated heterocycles. The molecule has 0 aromatic rings. The molecule has 0 saturated carbocycles. The molecule has 6 nitrogen and oxygen atoms in total. The highest BCUT2D eigenvalue weighted by molar-refractivity contribution is 5.69. The number of unbranched alkanes of at least 4 members (excludes halogenated alkanes) is 24. The van der Waals surface area contributed by atoms with Gasteiger partial charge >= 0.3 is 5.97 Å². The summed E-state index contributed by atoms with van der Waals surface area (Å²) in [5.74, 6) is -0.0262. The van der Waals surface area contributed by atoms with Crippen LogP contribution < -0.4 is 0 Å². The summed E-state index contributed by atoms with van der Waals surface area (Å²) in [7, 11) is 0. The minimum Gasteiger partial charge on any atom is -0.466 e. The number of rotatable bonds is 42. The molecule has 0 aromatic carbocycles. The predicted octanol–water partition coefficient (Wildman–Crippen LogP) is 12.3. The molecule has 0 aliphatic rings. The fourth-order valence-corrected chi connectivity index (χ4v) is 6.52. The van der Waals surface area contributed by atoms with Gasteiger partial charge in [-0.3, -0.25) is 4.79 Å². The number of aliphatic hydroxyl groups is 1. The molecular weight excluding hydrogens is 610 g/mol. The predicted molar refractivity (Wildman–Crippen MR) is 210 cm³/mol. The SMILES string of the molecule is CCCCCCCCCCOC(=O)CCCCCCN(CCO)CCCCCCCC(OCCCCCCCC)OCCCCCCCC. The summed E-state index contributed by atoms with van der Waals surface area (Å²) >= 11 is 0. The van der Waals surface area contributed by atoms with E-state index in [4.69, 9.17) is 14.2 Å². The zero-order chi connectivity index (χ0) is 35.7. The van der Waals surface area contributed by atoms with Gasteiger partial charge in [0.2, 0.25) is 0 Å². The van der Waals surface area contributed by atoms with Crippen LogP contribution in [-0.4, -0.2) is 68.3 Å². The molecule has 0 rings (SSSR count).